The molecule has 0 heterocycles. The van der Waals surface area contributed by atoms with Crippen LogP contribution in [0.15, 0.2) is 54.6 Å². The molecule has 2 aromatic rings. The minimum absolute atomic E-state index is 0.626. The Kier molecular flexibility index (Phi) is 4.08. The molecule has 0 unspecified atom stereocenters. The van der Waals surface area contributed by atoms with E-state index in [9.17, 15) is 9.59 Å². The molecule has 1 aliphatic carbocycles. The molecule has 0 saturated heterocycles. The molecule has 122 valence electrons. The molecule has 24 heavy (non-hydrogen) atoms. The maximum atomic E-state index is 11.6. The molecule has 5 nitrogen and oxygen atoms in total. The van der Waals surface area contributed by atoms with Crippen molar-refractivity contribution in [2.24, 2.45) is 0 Å². The summed E-state index contributed by atoms with van der Waals surface area (Å²) in [7, 11) is 1.62. The highest BCUT2D eigenvalue weighted by Crippen LogP contribution is 2.33. The van der Waals surface area contributed by atoms with E-state index < -0.39 is 11.6 Å². The van der Waals surface area contributed by atoms with Crippen molar-refractivity contribution in [1.82, 2.24) is 5.32 Å². The van der Waals surface area contributed by atoms with E-state index in [1.807, 2.05) is 42.5 Å². The first kappa shape index (κ1) is 15.8. The van der Waals surface area contributed by atoms with Crippen LogP contribution in [0, 0.1) is 0 Å². The van der Waals surface area contributed by atoms with Crippen molar-refractivity contribution in [1.29, 1.82) is 0 Å². The number of hydrogen-bond donors (Lipinski definition) is 2. The summed E-state index contributed by atoms with van der Waals surface area (Å²) < 4.78 is 5.25. The summed E-state index contributed by atoms with van der Waals surface area (Å²) in [5.74, 6) is 0.764. The molecule has 2 N–H and O–H groups in total. The molecule has 0 aliphatic heterocycles. The van der Waals surface area contributed by atoms with Gasteiger partial charge in [-0.3, -0.25) is 4.79 Å². The van der Waals surface area contributed by atoms with Gasteiger partial charge < -0.3 is 15.2 Å². The fraction of sp³-hybridized carbons (Fsp3) is 0.158. The maximum absolute atomic E-state index is 11.6. The highest BCUT2D eigenvalue weighted by Gasteiger charge is 2.35. The lowest BCUT2D eigenvalue weighted by Crippen LogP contribution is -2.46. The van der Waals surface area contributed by atoms with Crippen molar-refractivity contribution in [2.45, 2.75) is 12.0 Å². The first-order valence-corrected chi connectivity index (χ1v) is 7.51. The van der Waals surface area contributed by atoms with E-state index in [2.05, 4.69) is 5.32 Å². The van der Waals surface area contributed by atoms with Gasteiger partial charge in [-0.15, -0.1) is 0 Å². The number of carboxylic acid groups (broad SMARTS) is 1. The third-order valence-corrected chi connectivity index (χ3v) is 4.17. The largest absolute Gasteiger partial charge is 0.497 e. The average Bonchev–Trinajstić information content (AvgIpc) is 2.61. The fourth-order valence-corrected chi connectivity index (χ4v) is 3.03. The van der Waals surface area contributed by atoms with Gasteiger partial charge in [0.05, 0.1) is 7.11 Å². The Hall–Kier alpha value is -3.08. The molecule has 0 aromatic heterocycles. The minimum atomic E-state index is -1.33. The zero-order valence-electron chi connectivity index (χ0n) is 13.2. The second-order valence-electron chi connectivity index (χ2n) is 5.63. The Bertz CT molecular complexity index is 828. The number of aldehydes is 1. The number of amides is 1. The van der Waals surface area contributed by atoms with Crippen LogP contribution in [0.3, 0.4) is 0 Å². The lowest BCUT2D eigenvalue weighted by Gasteiger charge is -2.30. The monoisotopic (exact) mass is 323 g/mol. The first-order valence-electron chi connectivity index (χ1n) is 7.51. The SMILES string of the molecule is COc1cccc(-c2ccc3c(c2)CC=C[C@]3(C=O)NC(=O)O)c1. The normalized spacial score (nSPS) is 18.5. The number of nitrogens with one attached hydrogen (secondary N) is 1. The minimum Gasteiger partial charge on any atom is -0.497 e. The average molecular weight is 323 g/mol. The van der Waals surface area contributed by atoms with Crippen LogP contribution in [0.2, 0.25) is 0 Å². The van der Waals surface area contributed by atoms with Crippen molar-refractivity contribution in [3.05, 3.63) is 65.7 Å². The Labute approximate surface area is 139 Å². The van der Waals surface area contributed by atoms with E-state index in [0.29, 0.717) is 18.3 Å². The van der Waals surface area contributed by atoms with Crippen LogP contribution < -0.4 is 10.1 Å². The Morgan fingerprint density at radius 2 is 2.04 bits per heavy atom. The zero-order chi connectivity index (χ0) is 17.2. The van der Waals surface area contributed by atoms with Crippen molar-refractivity contribution in [3.8, 4) is 16.9 Å². The van der Waals surface area contributed by atoms with Gasteiger partial charge in [-0.05, 0) is 40.8 Å². The summed E-state index contributed by atoms with van der Waals surface area (Å²) in [6.07, 6.45) is 3.44. The van der Waals surface area contributed by atoms with E-state index >= 15 is 0 Å². The van der Waals surface area contributed by atoms with Crippen molar-refractivity contribution in [2.75, 3.05) is 7.11 Å². The molecule has 0 saturated carbocycles. The van der Waals surface area contributed by atoms with Crippen LogP contribution in [0.25, 0.3) is 11.1 Å². The van der Waals surface area contributed by atoms with E-state index in [0.717, 1.165) is 22.4 Å². The highest BCUT2D eigenvalue weighted by molar-refractivity contribution is 5.81. The van der Waals surface area contributed by atoms with Crippen LogP contribution >= 0.6 is 0 Å². The Morgan fingerprint density at radius 3 is 2.75 bits per heavy atom. The number of carbonyl (C=O) groups is 2. The van der Waals surface area contributed by atoms with E-state index in [-0.39, 0.29) is 0 Å². The second kappa shape index (κ2) is 6.20. The number of rotatable bonds is 4. The number of methoxy groups -OCH3 is 1. The van der Waals surface area contributed by atoms with Crippen molar-refractivity contribution < 1.29 is 19.4 Å². The molecule has 1 atom stereocenters. The van der Waals surface area contributed by atoms with Crippen LogP contribution in [-0.4, -0.2) is 24.6 Å². The lowest BCUT2D eigenvalue weighted by atomic mass is 9.81. The van der Waals surface area contributed by atoms with E-state index in [4.69, 9.17) is 9.84 Å². The number of benzene rings is 2. The number of ether oxygens (including phenoxy) is 1. The molecular formula is C19H17NO4. The van der Waals surface area contributed by atoms with Crippen LogP contribution in [-0.2, 0) is 16.8 Å². The molecule has 0 radical (unpaired) electrons. The van der Waals surface area contributed by atoms with Crippen LogP contribution in [0.1, 0.15) is 11.1 Å². The number of fused-ring (bicyclic) bond motifs is 1. The van der Waals surface area contributed by atoms with Gasteiger partial charge in [-0.1, -0.05) is 42.5 Å². The quantitative estimate of drug-likeness (QED) is 0.669. The smallest absolute Gasteiger partial charge is 0.405 e. The molecule has 2 aromatic carbocycles. The predicted molar refractivity (Wildman–Crippen MR) is 90.2 cm³/mol. The Balaban J connectivity index is 2.06. The van der Waals surface area contributed by atoms with Gasteiger partial charge >= 0.3 is 6.09 Å². The van der Waals surface area contributed by atoms with Crippen LogP contribution in [0.5, 0.6) is 5.75 Å². The van der Waals surface area contributed by atoms with Gasteiger partial charge in [0.1, 0.15) is 11.3 Å². The summed E-state index contributed by atoms with van der Waals surface area (Å²) >= 11 is 0. The first-order chi connectivity index (χ1) is 11.6. The zero-order valence-corrected chi connectivity index (χ0v) is 13.2. The number of hydrogen-bond acceptors (Lipinski definition) is 3. The topological polar surface area (TPSA) is 75.6 Å². The second-order valence-corrected chi connectivity index (χ2v) is 5.63. The summed E-state index contributed by atoms with van der Waals surface area (Å²) in [6.45, 7) is 0. The van der Waals surface area contributed by atoms with Gasteiger partial charge in [-0.25, -0.2) is 4.79 Å². The fourth-order valence-electron chi connectivity index (χ4n) is 3.03. The number of allylic oxidation sites excluding steroid dienone is 1. The molecule has 3 rings (SSSR count). The summed E-state index contributed by atoms with van der Waals surface area (Å²) in [5.41, 5.74) is 2.23. The summed E-state index contributed by atoms with van der Waals surface area (Å²) in [5, 5.41) is 11.4. The molecular weight excluding hydrogens is 306 g/mol. The van der Waals surface area contributed by atoms with Gasteiger partial charge in [0.15, 0.2) is 6.29 Å². The molecule has 1 aliphatic rings. The van der Waals surface area contributed by atoms with Gasteiger partial charge in [0.25, 0.3) is 0 Å². The number of carbonyl (C=O) groups excluding carboxylic acids is 1. The van der Waals surface area contributed by atoms with Gasteiger partial charge in [0.2, 0.25) is 0 Å². The van der Waals surface area contributed by atoms with Crippen LogP contribution in [0.4, 0.5) is 4.79 Å². The van der Waals surface area contributed by atoms with E-state index in [1.165, 1.54) is 0 Å². The highest BCUT2D eigenvalue weighted by atomic mass is 16.5. The third-order valence-electron chi connectivity index (χ3n) is 4.17. The standard InChI is InChI=1S/C19H17NO4/c1-24-16-6-2-4-13(11-16)14-7-8-17-15(10-14)5-3-9-19(17,12-21)20-18(22)23/h2-4,6-12,20H,5H2,1H3,(H,22,23)/t19-/m1/s1. The molecule has 0 fully saturated rings. The van der Waals surface area contributed by atoms with Gasteiger partial charge in [0, 0.05) is 0 Å². The van der Waals surface area contributed by atoms with Crippen molar-refractivity contribution >= 4 is 12.4 Å². The third kappa shape index (κ3) is 2.76. The summed E-state index contributed by atoms with van der Waals surface area (Å²) in [4.78, 5) is 22.7. The van der Waals surface area contributed by atoms with Gasteiger partial charge in [-0.2, -0.15) is 0 Å². The molecule has 5 heteroatoms. The maximum Gasteiger partial charge on any atom is 0.405 e. The van der Waals surface area contributed by atoms with E-state index in [1.54, 1.807) is 19.3 Å². The summed E-state index contributed by atoms with van der Waals surface area (Å²) in [6, 6.07) is 13.4. The molecule has 1 amide bonds. The predicted octanol–water partition coefficient (Wildman–Crippen LogP) is 3.14. The van der Waals surface area contributed by atoms with Crippen molar-refractivity contribution in [3.63, 3.8) is 0 Å². The molecule has 0 bridgehead atoms. The lowest BCUT2D eigenvalue weighted by molar-refractivity contribution is -0.112. The Morgan fingerprint density at radius 1 is 1.25 bits per heavy atom. The molecule has 0 spiro atoms.